The van der Waals surface area contributed by atoms with E-state index in [1.54, 1.807) is 17.8 Å². The standard InChI is InChI=1S/C16H12Cl3NO3S/c1-24-10-4-2-3-9(7-10)20-13(21)8-23-16(22)14-11(17)5-6-12(18)15(14)19/h2-7H,8H2,1H3,(H,20,21). The van der Waals surface area contributed by atoms with Gasteiger partial charge in [0.15, 0.2) is 6.61 Å². The van der Waals surface area contributed by atoms with Gasteiger partial charge in [-0.3, -0.25) is 4.79 Å². The van der Waals surface area contributed by atoms with Crippen molar-refractivity contribution < 1.29 is 14.3 Å². The van der Waals surface area contributed by atoms with E-state index in [-0.39, 0.29) is 20.6 Å². The smallest absolute Gasteiger partial charge is 0.341 e. The van der Waals surface area contributed by atoms with Crippen LogP contribution in [0, 0.1) is 0 Å². The van der Waals surface area contributed by atoms with Crippen molar-refractivity contribution in [2.45, 2.75) is 4.90 Å². The Bertz CT molecular complexity index is 783. The van der Waals surface area contributed by atoms with Gasteiger partial charge in [0, 0.05) is 10.6 Å². The Morgan fingerprint density at radius 2 is 1.83 bits per heavy atom. The first-order valence-electron chi connectivity index (χ1n) is 6.67. The fraction of sp³-hybridized carbons (Fsp3) is 0.125. The van der Waals surface area contributed by atoms with Crippen LogP contribution in [0.3, 0.4) is 0 Å². The highest BCUT2D eigenvalue weighted by molar-refractivity contribution is 7.98. The molecule has 0 aliphatic heterocycles. The summed E-state index contributed by atoms with van der Waals surface area (Å²) in [5.41, 5.74) is 0.546. The molecular weight excluding hydrogens is 393 g/mol. The fourth-order valence-electron chi connectivity index (χ4n) is 1.82. The second-order valence-corrected chi connectivity index (χ2v) is 6.65. The molecule has 1 amide bonds. The zero-order chi connectivity index (χ0) is 17.7. The van der Waals surface area contributed by atoms with Crippen molar-refractivity contribution in [2.75, 3.05) is 18.2 Å². The van der Waals surface area contributed by atoms with Gasteiger partial charge >= 0.3 is 5.97 Å². The van der Waals surface area contributed by atoms with Crippen LogP contribution in [0.15, 0.2) is 41.3 Å². The maximum Gasteiger partial charge on any atom is 0.341 e. The molecular formula is C16H12Cl3NO3S. The van der Waals surface area contributed by atoms with Crippen LogP contribution in [-0.4, -0.2) is 24.7 Å². The predicted molar refractivity (Wildman–Crippen MR) is 98.6 cm³/mol. The van der Waals surface area contributed by atoms with Gasteiger partial charge in [0.05, 0.1) is 20.6 Å². The van der Waals surface area contributed by atoms with E-state index in [0.29, 0.717) is 5.69 Å². The van der Waals surface area contributed by atoms with E-state index in [0.717, 1.165) is 4.90 Å². The van der Waals surface area contributed by atoms with Gasteiger partial charge < -0.3 is 10.1 Å². The summed E-state index contributed by atoms with van der Waals surface area (Å²) in [5.74, 6) is -1.30. The second-order valence-electron chi connectivity index (χ2n) is 4.57. The summed E-state index contributed by atoms with van der Waals surface area (Å²) in [6, 6.07) is 10.2. The van der Waals surface area contributed by atoms with Crippen LogP contribution in [-0.2, 0) is 9.53 Å². The number of rotatable bonds is 5. The molecule has 0 bridgehead atoms. The minimum Gasteiger partial charge on any atom is -0.452 e. The van der Waals surface area contributed by atoms with Crippen LogP contribution in [0.5, 0.6) is 0 Å². The monoisotopic (exact) mass is 403 g/mol. The van der Waals surface area contributed by atoms with Gasteiger partial charge in [-0.05, 0) is 36.6 Å². The third kappa shape index (κ3) is 4.80. The van der Waals surface area contributed by atoms with Crippen molar-refractivity contribution in [3.8, 4) is 0 Å². The van der Waals surface area contributed by atoms with Crippen LogP contribution in [0.4, 0.5) is 5.69 Å². The average Bonchev–Trinajstić information content (AvgIpc) is 2.57. The SMILES string of the molecule is CSc1cccc(NC(=O)COC(=O)c2c(Cl)ccc(Cl)c2Cl)c1. The number of ether oxygens (including phenoxy) is 1. The second kappa shape index (κ2) is 8.62. The van der Waals surface area contributed by atoms with Crippen LogP contribution in [0.1, 0.15) is 10.4 Å². The van der Waals surface area contributed by atoms with Crippen LogP contribution >= 0.6 is 46.6 Å². The van der Waals surface area contributed by atoms with Crippen LogP contribution in [0.25, 0.3) is 0 Å². The number of hydrogen-bond donors (Lipinski definition) is 1. The minimum atomic E-state index is -0.819. The zero-order valence-electron chi connectivity index (χ0n) is 12.4. The summed E-state index contributed by atoms with van der Waals surface area (Å²) >= 11 is 19.3. The summed E-state index contributed by atoms with van der Waals surface area (Å²) in [6.45, 7) is -0.471. The maximum absolute atomic E-state index is 12.1. The first-order valence-corrected chi connectivity index (χ1v) is 9.02. The lowest BCUT2D eigenvalue weighted by atomic mass is 10.2. The Morgan fingerprint density at radius 1 is 1.12 bits per heavy atom. The molecule has 2 aromatic carbocycles. The van der Waals surface area contributed by atoms with Crippen molar-refractivity contribution >= 4 is 64.1 Å². The first kappa shape index (κ1) is 18.9. The van der Waals surface area contributed by atoms with E-state index in [1.165, 1.54) is 12.1 Å². The van der Waals surface area contributed by atoms with Crippen molar-refractivity contribution in [3.05, 3.63) is 57.0 Å². The number of benzene rings is 2. The van der Waals surface area contributed by atoms with Crippen molar-refractivity contribution in [2.24, 2.45) is 0 Å². The highest BCUT2D eigenvalue weighted by Crippen LogP contribution is 2.31. The van der Waals surface area contributed by atoms with Crippen molar-refractivity contribution in [3.63, 3.8) is 0 Å². The number of hydrogen-bond acceptors (Lipinski definition) is 4. The average molecular weight is 405 g/mol. The van der Waals surface area contributed by atoms with Gasteiger partial charge in [0.25, 0.3) is 5.91 Å². The number of anilines is 1. The van der Waals surface area contributed by atoms with Gasteiger partial charge in [0.1, 0.15) is 0 Å². The van der Waals surface area contributed by atoms with E-state index in [9.17, 15) is 9.59 Å². The van der Waals surface area contributed by atoms with E-state index in [1.807, 2.05) is 24.5 Å². The molecule has 0 aliphatic carbocycles. The Labute approximate surface area is 158 Å². The zero-order valence-corrected chi connectivity index (χ0v) is 15.5. The summed E-state index contributed by atoms with van der Waals surface area (Å²) < 4.78 is 4.95. The van der Waals surface area contributed by atoms with Gasteiger partial charge in [0.2, 0.25) is 0 Å². The molecule has 8 heteroatoms. The Hall–Kier alpha value is -1.40. The summed E-state index contributed by atoms with van der Waals surface area (Å²) in [7, 11) is 0. The van der Waals surface area contributed by atoms with E-state index in [4.69, 9.17) is 39.5 Å². The normalized spacial score (nSPS) is 10.3. The molecule has 24 heavy (non-hydrogen) atoms. The lowest BCUT2D eigenvalue weighted by molar-refractivity contribution is -0.119. The lowest BCUT2D eigenvalue weighted by Gasteiger charge is -2.10. The Kier molecular flexibility index (Phi) is 6.80. The topological polar surface area (TPSA) is 55.4 Å². The molecule has 0 radical (unpaired) electrons. The molecule has 0 spiro atoms. The van der Waals surface area contributed by atoms with Crippen LogP contribution in [0.2, 0.25) is 15.1 Å². The molecule has 0 unspecified atom stereocenters. The molecule has 0 aromatic heterocycles. The maximum atomic E-state index is 12.1. The van der Waals surface area contributed by atoms with Crippen molar-refractivity contribution in [1.29, 1.82) is 0 Å². The third-order valence-electron chi connectivity index (χ3n) is 2.94. The molecule has 2 aromatic rings. The highest BCUT2D eigenvalue weighted by atomic mass is 35.5. The molecule has 0 atom stereocenters. The third-order valence-corrected chi connectivity index (χ3v) is 4.78. The lowest BCUT2D eigenvalue weighted by Crippen LogP contribution is -2.21. The van der Waals surface area contributed by atoms with Gasteiger partial charge in [-0.1, -0.05) is 40.9 Å². The molecule has 0 saturated carbocycles. The summed E-state index contributed by atoms with van der Waals surface area (Å²) in [6.07, 6.45) is 1.93. The number of thioether (sulfide) groups is 1. The first-order chi connectivity index (χ1) is 11.4. The van der Waals surface area contributed by atoms with Gasteiger partial charge in [-0.15, -0.1) is 11.8 Å². The Morgan fingerprint density at radius 3 is 2.54 bits per heavy atom. The fourth-order valence-corrected chi connectivity index (χ4v) is 2.96. The molecule has 4 nitrogen and oxygen atoms in total. The number of esters is 1. The predicted octanol–water partition coefficient (Wildman–Crippen LogP) is 5.16. The number of carbonyl (C=O) groups excluding carboxylic acids is 2. The number of halogens is 3. The minimum absolute atomic E-state index is 0.0118. The molecule has 0 saturated heterocycles. The van der Waals surface area contributed by atoms with Gasteiger partial charge in [-0.25, -0.2) is 4.79 Å². The number of carbonyl (C=O) groups is 2. The Balaban J connectivity index is 1.99. The molecule has 0 aliphatic rings. The van der Waals surface area contributed by atoms with E-state index in [2.05, 4.69) is 5.32 Å². The molecule has 0 heterocycles. The van der Waals surface area contributed by atoms with Crippen molar-refractivity contribution in [1.82, 2.24) is 0 Å². The molecule has 126 valence electrons. The number of nitrogens with one attached hydrogen (secondary N) is 1. The van der Waals surface area contributed by atoms with E-state index >= 15 is 0 Å². The molecule has 1 N–H and O–H groups in total. The molecule has 2 rings (SSSR count). The summed E-state index contributed by atoms with van der Waals surface area (Å²) in [4.78, 5) is 25.0. The summed E-state index contributed by atoms with van der Waals surface area (Å²) in [5, 5.41) is 2.90. The highest BCUT2D eigenvalue weighted by Gasteiger charge is 2.19. The number of amides is 1. The molecule has 0 fully saturated rings. The van der Waals surface area contributed by atoms with Crippen LogP contribution < -0.4 is 5.32 Å². The largest absolute Gasteiger partial charge is 0.452 e. The quantitative estimate of drug-likeness (QED) is 0.424. The van der Waals surface area contributed by atoms with Gasteiger partial charge in [-0.2, -0.15) is 0 Å². The van der Waals surface area contributed by atoms with E-state index < -0.39 is 18.5 Å².